The minimum atomic E-state index is -4.72. The number of hydrogen-bond acceptors (Lipinski definition) is 5. The molecule has 0 aliphatic rings. The molecule has 3 aromatic rings. The van der Waals surface area contributed by atoms with Crippen molar-refractivity contribution < 1.29 is 41.0 Å². The Kier molecular flexibility index (Phi) is 6.54. The monoisotopic (exact) mass is 481 g/mol. The molecule has 3 aromatic carbocycles. The summed E-state index contributed by atoms with van der Waals surface area (Å²) in [6.45, 7) is 0. The Morgan fingerprint density at radius 2 is 1.61 bits per heavy atom. The number of carboxylic acid groups (broad SMARTS) is 1. The summed E-state index contributed by atoms with van der Waals surface area (Å²) in [6.07, 6.45) is -4.72. The van der Waals surface area contributed by atoms with Crippen molar-refractivity contribution in [3.63, 3.8) is 0 Å². The smallest absolute Gasteiger partial charge is 0.416 e. The maximum absolute atomic E-state index is 13.3. The number of hydrogen-bond donors (Lipinski definition) is 2. The molecule has 0 spiro atoms. The second-order valence-corrected chi connectivity index (χ2v) is 8.41. The molecular formula is C22H18F3NO6S. The zero-order valence-electron chi connectivity index (χ0n) is 17.3. The van der Waals surface area contributed by atoms with Crippen molar-refractivity contribution in [1.29, 1.82) is 0 Å². The number of ether oxygens (including phenoxy) is 2. The first kappa shape index (κ1) is 23.9. The van der Waals surface area contributed by atoms with Gasteiger partial charge in [-0.2, -0.15) is 13.2 Å². The summed E-state index contributed by atoms with van der Waals surface area (Å²) in [5.41, 5.74) is -1.16. The fourth-order valence-corrected chi connectivity index (χ4v) is 4.31. The molecule has 0 radical (unpaired) electrons. The van der Waals surface area contributed by atoms with Crippen LogP contribution in [0.2, 0.25) is 0 Å². The number of alkyl halides is 3. The molecule has 0 saturated carbocycles. The first-order valence-corrected chi connectivity index (χ1v) is 10.7. The van der Waals surface area contributed by atoms with Crippen molar-refractivity contribution in [2.24, 2.45) is 0 Å². The molecule has 0 aliphatic carbocycles. The number of carbonyl (C=O) groups is 1. The molecule has 0 aliphatic heterocycles. The van der Waals surface area contributed by atoms with Crippen LogP contribution in [0.4, 0.5) is 18.9 Å². The summed E-state index contributed by atoms with van der Waals surface area (Å²) in [5, 5.41) is 9.20. The van der Waals surface area contributed by atoms with Crippen LogP contribution >= 0.6 is 0 Å². The summed E-state index contributed by atoms with van der Waals surface area (Å²) in [7, 11) is -1.92. The van der Waals surface area contributed by atoms with Crippen LogP contribution in [0.3, 0.4) is 0 Å². The van der Waals surface area contributed by atoms with Crippen LogP contribution < -0.4 is 14.2 Å². The molecule has 2 N–H and O–H groups in total. The molecule has 7 nitrogen and oxygen atoms in total. The number of methoxy groups -OCH3 is 2. The maximum atomic E-state index is 13.3. The number of benzene rings is 3. The molecule has 0 aromatic heterocycles. The Morgan fingerprint density at radius 1 is 0.939 bits per heavy atom. The normalized spacial score (nSPS) is 11.7. The zero-order chi connectivity index (χ0) is 24.4. The minimum Gasteiger partial charge on any atom is -0.497 e. The van der Waals surface area contributed by atoms with Gasteiger partial charge in [0.05, 0.1) is 31.0 Å². The van der Waals surface area contributed by atoms with E-state index >= 15 is 0 Å². The van der Waals surface area contributed by atoms with Gasteiger partial charge in [-0.05, 0) is 48.0 Å². The first-order chi connectivity index (χ1) is 15.5. The van der Waals surface area contributed by atoms with Gasteiger partial charge in [-0.3, -0.25) is 4.72 Å². The van der Waals surface area contributed by atoms with Crippen LogP contribution in [0.25, 0.3) is 11.1 Å². The van der Waals surface area contributed by atoms with Gasteiger partial charge in [0.2, 0.25) is 0 Å². The lowest BCUT2D eigenvalue weighted by atomic mass is 10.0. The Morgan fingerprint density at radius 3 is 2.15 bits per heavy atom. The molecule has 0 heterocycles. The third-order valence-electron chi connectivity index (χ3n) is 4.69. The fourth-order valence-electron chi connectivity index (χ4n) is 3.05. The van der Waals surface area contributed by atoms with Crippen LogP contribution in [0.1, 0.15) is 15.9 Å². The summed E-state index contributed by atoms with van der Waals surface area (Å²) < 4.78 is 78.5. The van der Waals surface area contributed by atoms with Crippen LogP contribution in [-0.2, 0) is 16.2 Å². The lowest BCUT2D eigenvalue weighted by molar-refractivity contribution is -0.137. The van der Waals surface area contributed by atoms with E-state index in [-0.39, 0.29) is 22.6 Å². The number of halogens is 3. The topological polar surface area (TPSA) is 102 Å². The molecule has 0 amide bonds. The van der Waals surface area contributed by atoms with Crippen molar-refractivity contribution in [3.8, 4) is 22.6 Å². The highest BCUT2D eigenvalue weighted by Crippen LogP contribution is 2.38. The van der Waals surface area contributed by atoms with Gasteiger partial charge in [-0.15, -0.1) is 0 Å². The van der Waals surface area contributed by atoms with Gasteiger partial charge in [0.25, 0.3) is 10.0 Å². The largest absolute Gasteiger partial charge is 0.497 e. The Balaban J connectivity index is 2.16. The third kappa shape index (κ3) is 5.20. The molecular weight excluding hydrogens is 463 g/mol. The van der Waals surface area contributed by atoms with E-state index in [0.717, 1.165) is 30.3 Å². The van der Waals surface area contributed by atoms with E-state index in [1.165, 1.54) is 14.2 Å². The maximum Gasteiger partial charge on any atom is 0.416 e. The van der Waals surface area contributed by atoms with E-state index in [4.69, 9.17) is 9.47 Å². The Bertz CT molecular complexity index is 1290. The number of carboxylic acids is 1. The first-order valence-electron chi connectivity index (χ1n) is 9.26. The third-order valence-corrected chi connectivity index (χ3v) is 6.08. The quantitative estimate of drug-likeness (QED) is 0.498. The average Bonchev–Trinajstić information content (AvgIpc) is 2.77. The van der Waals surface area contributed by atoms with E-state index < -0.39 is 32.6 Å². The van der Waals surface area contributed by atoms with E-state index in [9.17, 15) is 31.5 Å². The molecule has 3 rings (SSSR count). The SMILES string of the molecule is COc1ccc(-c2ccc(C(F)(F)F)cc2NS(=O)(=O)c2cc(C(=O)O)ccc2OC)cc1. The fraction of sp³-hybridized carbons (Fsp3) is 0.136. The number of aromatic carboxylic acids is 1. The zero-order valence-corrected chi connectivity index (χ0v) is 18.1. The highest BCUT2D eigenvalue weighted by atomic mass is 32.2. The van der Waals surface area contributed by atoms with E-state index in [0.29, 0.717) is 17.4 Å². The van der Waals surface area contributed by atoms with Gasteiger partial charge >= 0.3 is 12.1 Å². The second kappa shape index (κ2) is 9.02. The lowest BCUT2D eigenvalue weighted by Gasteiger charge is -2.17. The number of sulfonamides is 1. The molecule has 33 heavy (non-hydrogen) atoms. The van der Waals surface area contributed by atoms with E-state index in [2.05, 4.69) is 4.72 Å². The van der Waals surface area contributed by atoms with Gasteiger partial charge in [0.1, 0.15) is 16.4 Å². The Labute approximate surface area is 187 Å². The van der Waals surface area contributed by atoms with Gasteiger partial charge < -0.3 is 14.6 Å². The predicted octanol–water partition coefficient (Wildman–Crippen LogP) is 4.89. The molecule has 0 bridgehead atoms. The van der Waals surface area contributed by atoms with Crippen molar-refractivity contribution in [1.82, 2.24) is 0 Å². The molecule has 174 valence electrons. The highest BCUT2D eigenvalue weighted by molar-refractivity contribution is 7.92. The van der Waals surface area contributed by atoms with Crippen LogP contribution in [0, 0.1) is 0 Å². The molecule has 0 unspecified atom stereocenters. The van der Waals surface area contributed by atoms with Crippen LogP contribution in [0.5, 0.6) is 11.5 Å². The second-order valence-electron chi connectivity index (χ2n) is 6.76. The van der Waals surface area contributed by atoms with Crippen molar-refractivity contribution in [2.45, 2.75) is 11.1 Å². The van der Waals surface area contributed by atoms with E-state index in [1.807, 2.05) is 0 Å². The lowest BCUT2D eigenvalue weighted by Crippen LogP contribution is -2.16. The van der Waals surface area contributed by atoms with E-state index in [1.54, 1.807) is 24.3 Å². The van der Waals surface area contributed by atoms with Gasteiger partial charge in [-0.25, -0.2) is 13.2 Å². The van der Waals surface area contributed by atoms with Crippen LogP contribution in [0.15, 0.2) is 65.6 Å². The summed E-state index contributed by atoms with van der Waals surface area (Å²) in [5.74, 6) is -1.06. The van der Waals surface area contributed by atoms with Crippen molar-refractivity contribution >= 4 is 21.7 Å². The standard InChI is InChI=1S/C22H18F3NO6S/c1-31-16-7-3-13(4-8-16)17-9-6-15(22(23,24)25)12-18(17)26-33(29,30)20-11-14(21(27)28)5-10-19(20)32-2/h3-12,26H,1-2H3,(H,27,28). The van der Waals surface area contributed by atoms with Gasteiger partial charge in [0.15, 0.2) is 0 Å². The van der Waals surface area contributed by atoms with Crippen molar-refractivity contribution in [3.05, 3.63) is 71.8 Å². The molecule has 0 fully saturated rings. The van der Waals surface area contributed by atoms with Gasteiger partial charge in [0, 0.05) is 5.56 Å². The number of anilines is 1. The predicted molar refractivity (Wildman–Crippen MR) is 114 cm³/mol. The highest BCUT2D eigenvalue weighted by Gasteiger charge is 2.32. The number of nitrogens with one attached hydrogen (secondary N) is 1. The number of rotatable bonds is 7. The molecule has 11 heteroatoms. The minimum absolute atomic E-state index is 0.169. The molecule has 0 saturated heterocycles. The summed E-state index contributed by atoms with van der Waals surface area (Å²) in [4.78, 5) is 10.8. The molecule has 0 atom stereocenters. The Hall–Kier alpha value is -3.73. The van der Waals surface area contributed by atoms with Crippen LogP contribution in [-0.4, -0.2) is 33.7 Å². The average molecular weight is 481 g/mol. The van der Waals surface area contributed by atoms with Crippen molar-refractivity contribution in [2.75, 3.05) is 18.9 Å². The van der Waals surface area contributed by atoms with Gasteiger partial charge in [-0.1, -0.05) is 18.2 Å². The summed E-state index contributed by atoms with van der Waals surface area (Å²) in [6, 6.07) is 12.1. The summed E-state index contributed by atoms with van der Waals surface area (Å²) >= 11 is 0.